The minimum atomic E-state index is 0.417. The monoisotopic (exact) mass is 250 g/mol. The van der Waals surface area contributed by atoms with E-state index < -0.39 is 0 Å². The molecule has 1 aromatic rings. The Kier molecular flexibility index (Phi) is 4.40. The molecule has 1 saturated carbocycles. The highest BCUT2D eigenvalue weighted by Gasteiger charge is 2.38. The molecule has 0 aromatic carbocycles. The third-order valence-corrected chi connectivity index (χ3v) is 4.82. The first-order chi connectivity index (χ1) is 8.72. The number of rotatable bonds is 6. The Balaban J connectivity index is 1.98. The van der Waals surface area contributed by atoms with Crippen molar-refractivity contribution in [1.29, 1.82) is 0 Å². The number of nitrogens with zero attached hydrogens (tertiary/aromatic N) is 2. The van der Waals surface area contributed by atoms with Crippen molar-refractivity contribution in [2.75, 3.05) is 0 Å². The van der Waals surface area contributed by atoms with E-state index in [1.54, 1.807) is 0 Å². The van der Waals surface area contributed by atoms with Crippen LogP contribution in [0.3, 0.4) is 0 Å². The molecule has 1 heterocycles. The molecule has 0 aliphatic heterocycles. The van der Waals surface area contributed by atoms with Gasteiger partial charge in [0.05, 0.1) is 0 Å². The van der Waals surface area contributed by atoms with Gasteiger partial charge >= 0.3 is 0 Å². The molecule has 0 radical (unpaired) electrons. The van der Waals surface area contributed by atoms with Gasteiger partial charge in [-0.3, -0.25) is 11.3 Å². The van der Waals surface area contributed by atoms with Crippen LogP contribution >= 0.6 is 0 Å². The van der Waals surface area contributed by atoms with Gasteiger partial charge in [0.2, 0.25) is 0 Å². The number of hydrogen-bond donors (Lipinski definition) is 2. The van der Waals surface area contributed by atoms with Gasteiger partial charge in [0, 0.05) is 31.9 Å². The lowest BCUT2D eigenvalue weighted by Crippen LogP contribution is -2.47. The van der Waals surface area contributed by atoms with Crippen LogP contribution in [0.2, 0.25) is 0 Å². The Morgan fingerprint density at radius 3 is 2.72 bits per heavy atom. The topological polar surface area (TPSA) is 55.9 Å². The van der Waals surface area contributed by atoms with Crippen LogP contribution < -0.4 is 11.3 Å². The lowest BCUT2D eigenvalue weighted by atomic mass is 9.75. The average Bonchev–Trinajstić information content (AvgIpc) is 3.01. The molecule has 1 atom stereocenters. The van der Waals surface area contributed by atoms with Crippen LogP contribution in [-0.2, 0) is 13.5 Å². The molecule has 4 heteroatoms. The summed E-state index contributed by atoms with van der Waals surface area (Å²) in [6.07, 6.45) is 12.5. The van der Waals surface area contributed by atoms with Crippen LogP contribution in [0.15, 0.2) is 12.4 Å². The third-order valence-electron chi connectivity index (χ3n) is 4.82. The molecule has 0 spiro atoms. The second-order valence-corrected chi connectivity index (χ2v) is 5.64. The molecule has 18 heavy (non-hydrogen) atoms. The molecule has 0 amide bonds. The number of aryl methyl sites for hydroxylation is 2. The van der Waals surface area contributed by atoms with Gasteiger partial charge in [-0.05, 0) is 31.1 Å². The molecule has 1 aliphatic rings. The summed E-state index contributed by atoms with van der Waals surface area (Å²) in [6.45, 7) is 2.30. The summed E-state index contributed by atoms with van der Waals surface area (Å²) in [5, 5.41) is 0. The van der Waals surface area contributed by atoms with E-state index in [1.807, 2.05) is 12.4 Å². The second-order valence-electron chi connectivity index (χ2n) is 5.64. The fraction of sp³-hybridized carbons (Fsp3) is 0.786. The first kappa shape index (κ1) is 13.6. The van der Waals surface area contributed by atoms with Gasteiger partial charge in [-0.15, -0.1) is 0 Å². The second kappa shape index (κ2) is 5.85. The van der Waals surface area contributed by atoms with Crippen molar-refractivity contribution < 1.29 is 0 Å². The van der Waals surface area contributed by atoms with E-state index in [4.69, 9.17) is 5.84 Å². The summed E-state index contributed by atoms with van der Waals surface area (Å²) in [6, 6.07) is 0.418. The van der Waals surface area contributed by atoms with Gasteiger partial charge < -0.3 is 4.57 Å². The van der Waals surface area contributed by atoms with Crippen molar-refractivity contribution in [3.63, 3.8) is 0 Å². The quantitative estimate of drug-likeness (QED) is 0.601. The number of hydrazine groups is 1. The maximum atomic E-state index is 5.81. The molecule has 1 unspecified atom stereocenters. The average molecular weight is 250 g/mol. The molecule has 102 valence electrons. The number of nitrogens with two attached hydrogens (primary N) is 1. The first-order valence-corrected chi connectivity index (χ1v) is 7.14. The van der Waals surface area contributed by atoms with E-state index in [2.05, 4.69) is 28.9 Å². The molecular formula is C14H26N4. The largest absolute Gasteiger partial charge is 0.338 e. The predicted octanol–water partition coefficient (Wildman–Crippen LogP) is 2.15. The van der Waals surface area contributed by atoms with Crippen LogP contribution in [0.5, 0.6) is 0 Å². The summed E-state index contributed by atoms with van der Waals surface area (Å²) in [4.78, 5) is 4.39. The number of hydrogen-bond acceptors (Lipinski definition) is 3. The Morgan fingerprint density at radius 2 is 2.22 bits per heavy atom. The molecule has 3 N–H and O–H groups in total. The summed E-state index contributed by atoms with van der Waals surface area (Å²) < 4.78 is 2.10. The summed E-state index contributed by atoms with van der Waals surface area (Å²) in [7, 11) is 2.05. The van der Waals surface area contributed by atoms with E-state index in [0.717, 1.165) is 18.7 Å². The van der Waals surface area contributed by atoms with E-state index in [0.29, 0.717) is 11.5 Å². The Labute approximate surface area is 110 Å². The molecule has 1 aromatic heterocycles. The van der Waals surface area contributed by atoms with Crippen LogP contribution in [0.1, 0.15) is 51.3 Å². The molecule has 2 rings (SSSR count). The van der Waals surface area contributed by atoms with E-state index in [-0.39, 0.29) is 0 Å². The van der Waals surface area contributed by atoms with Gasteiger partial charge in [-0.2, -0.15) is 0 Å². The highest BCUT2D eigenvalue weighted by molar-refractivity contribution is 4.97. The van der Waals surface area contributed by atoms with Crippen LogP contribution in [0, 0.1) is 5.41 Å². The van der Waals surface area contributed by atoms with Gasteiger partial charge in [-0.25, -0.2) is 4.98 Å². The summed E-state index contributed by atoms with van der Waals surface area (Å²) in [5.41, 5.74) is 3.50. The van der Waals surface area contributed by atoms with E-state index >= 15 is 0 Å². The molecule has 0 bridgehead atoms. The van der Waals surface area contributed by atoms with Crippen molar-refractivity contribution in [3.05, 3.63) is 18.2 Å². The lowest BCUT2D eigenvalue weighted by Gasteiger charge is -2.36. The standard InChI is InChI=1S/C14H26N4/c1-3-14(8-4-5-9-14)12(17-15)6-7-13-16-10-11-18(13)2/h10-12,17H,3-9,15H2,1-2H3. The minimum Gasteiger partial charge on any atom is -0.338 e. The fourth-order valence-electron chi connectivity index (χ4n) is 3.50. The van der Waals surface area contributed by atoms with Gasteiger partial charge in [0.1, 0.15) is 5.82 Å². The van der Waals surface area contributed by atoms with Crippen LogP contribution in [0.4, 0.5) is 0 Å². The zero-order valence-electron chi connectivity index (χ0n) is 11.7. The van der Waals surface area contributed by atoms with Crippen LogP contribution in [-0.4, -0.2) is 15.6 Å². The number of nitrogens with one attached hydrogen (secondary N) is 1. The molecule has 0 saturated heterocycles. The molecule has 4 nitrogen and oxygen atoms in total. The summed E-state index contributed by atoms with van der Waals surface area (Å²) >= 11 is 0. The minimum absolute atomic E-state index is 0.417. The third kappa shape index (κ3) is 2.59. The Morgan fingerprint density at radius 1 is 1.50 bits per heavy atom. The smallest absolute Gasteiger partial charge is 0.108 e. The maximum absolute atomic E-state index is 5.81. The van der Waals surface area contributed by atoms with Crippen molar-refractivity contribution in [2.24, 2.45) is 18.3 Å². The van der Waals surface area contributed by atoms with E-state index in [9.17, 15) is 0 Å². The highest BCUT2D eigenvalue weighted by atomic mass is 15.2. The van der Waals surface area contributed by atoms with E-state index in [1.165, 1.54) is 32.1 Å². The Bertz CT molecular complexity index is 366. The van der Waals surface area contributed by atoms with Gasteiger partial charge in [0.25, 0.3) is 0 Å². The predicted molar refractivity (Wildman–Crippen MR) is 73.8 cm³/mol. The maximum Gasteiger partial charge on any atom is 0.108 e. The van der Waals surface area contributed by atoms with Crippen molar-refractivity contribution in [3.8, 4) is 0 Å². The van der Waals surface area contributed by atoms with Crippen molar-refractivity contribution >= 4 is 0 Å². The number of imidazole rings is 1. The zero-order valence-corrected chi connectivity index (χ0v) is 11.7. The molecule has 1 fully saturated rings. The van der Waals surface area contributed by atoms with Crippen LogP contribution in [0.25, 0.3) is 0 Å². The Hall–Kier alpha value is -0.870. The van der Waals surface area contributed by atoms with Crippen molar-refractivity contribution in [2.45, 2.75) is 57.9 Å². The zero-order chi connectivity index (χ0) is 13.0. The highest BCUT2D eigenvalue weighted by Crippen LogP contribution is 2.44. The van der Waals surface area contributed by atoms with Gasteiger partial charge in [-0.1, -0.05) is 19.8 Å². The fourth-order valence-corrected chi connectivity index (χ4v) is 3.50. The summed E-state index contributed by atoms with van der Waals surface area (Å²) in [5.74, 6) is 6.97. The molecule has 1 aliphatic carbocycles. The van der Waals surface area contributed by atoms with Gasteiger partial charge in [0.15, 0.2) is 0 Å². The normalized spacial score (nSPS) is 20.2. The first-order valence-electron chi connectivity index (χ1n) is 7.14. The molecular weight excluding hydrogens is 224 g/mol. The van der Waals surface area contributed by atoms with Crippen molar-refractivity contribution in [1.82, 2.24) is 15.0 Å². The SMILES string of the molecule is CCC1(C(CCc2nccn2C)NN)CCCC1. The lowest BCUT2D eigenvalue weighted by molar-refractivity contribution is 0.177. The number of aromatic nitrogens is 2.